The number of anilines is 2. The summed E-state index contributed by atoms with van der Waals surface area (Å²) < 4.78 is 16.7. The molecule has 0 spiro atoms. The van der Waals surface area contributed by atoms with Gasteiger partial charge in [-0.15, -0.1) is 0 Å². The van der Waals surface area contributed by atoms with Crippen LogP contribution >= 0.6 is 0 Å². The van der Waals surface area contributed by atoms with Gasteiger partial charge in [0, 0.05) is 64.7 Å². The van der Waals surface area contributed by atoms with Gasteiger partial charge in [0.05, 0.1) is 30.7 Å². The van der Waals surface area contributed by atoms with Crippen LogP contribution in [0.1, 0.15) is 46.0 Å². The number of methoxy groups -OCH3 is 1. The van der Waals surface area contributed by atoms with Gasteiger partial charge in [0.2, 0.25) is 11.8 Å². The van der Waals surface area contributed by atoms with Gasteiger partial charge in [0.1, 0.15) is 5.75 Å². The van der Waals surface area contributed by atoms with Gasteiger partial charge < -0.3 is 34.6 Å². The SMILES string of the molecule is COCCCN1C(=O)C(C)(C)Oc2ccc(N(C(=O)[C@H]3CNC[C@@H](C(=O)NCCCN4CCOCC4)C3)C3CC3)cc21. The number of ether oxygens (including phenoxy) is 3. The lowest BCUT2D eigenvalue weighted by Crippen LogP contribution is -2.53. The van der Waals surface area contributed by atoms with Gasteiger partial charge in [-0.25, -0.2) is 0 Å². The highest BCUT2D eigenvalue weighted by molar-refractivity contribution is 6.04. The van der Waals surface area contributed by atoms with Crippen molar-refractivity contribution in [3.8, 4) is 5.75 Å². The lowest BCUT2D eigenvalue weighted by atomic mass is 9.88. The number of benzene rings is 1. The summed E-state index contributed by atoms with van der Waals surface area (Å²) in [6.45, 7) is 10.7. The Labute approximate surface area is 249 Å². The van der Waals surface area contributed by atoms with Crippen LogP contribution in [0.25, 0.3) is 0 Å². The Hall–Kier alpha value is -2.73. The Morgan fingerprint density at radius 3 is 2.62 bits per heavy atom. The number of hydrogen-bond acceptors (Lipinski definition) is 8. The molecule has 2 N–H and O–H groups in total. The average molecular weight is 586 g/mol. The maximum Gasteiger partial charge on any atom is 0.270 e. The van der Waals surface area contributed by atoms with E-state index < -0.39 is 5.60 Å². The van der Waals surface area contributed by atoms with Crippen molar-refractivity contribution in [2.75, 3.05) is 82.5 Å². The van der Waals surface area contributed by atoms with Gasteiger partial charge in [0.15, 0.2) is 5.60 Å². The van der Waals surface area contributed by atoms with Crippen LogP contribution in [0.2, 0.25) is 0 Å². The van der Waals surface area contributed by atoms with Crippen LogP contribution in [0.15, 0.2) is 18.2 Å². The van der Waals surface area contributed by atoms with Crippen molar-refractivity contribution < 1.29 is 28.6 Å². The summed E-state index contributed by atoms with van der Waals surface area (Å²) in [5.74, 6) is 0.0265. The molecule has 1 aliphatic carbocycles. The normalized spacial score (nSPS) is 24.1. The fraction of sp³-hybridized carbons (Fsp3) is 0.710. The number of amides is 3. The Bertz CT molecular complexity index is 1120. The molecular weight excluding hydrogens is 538 g/mol. The summed E-state index contributed by atoms with van der Waals surface area (Å²) in [4.78, 5) is 46.4. The second-order valence-corrected chi connectivity index (χ2v) is 12.4. The van der Waals surface area contributed by atoms with Crippen LogP contribution < -0.4 is 25.2 Å². The minimum Gasteiger partial charge on any atom is -0.476 e. The predicted molar refractivity (Wildman–Crippen MR) is 160 cm³/mol. The molecule has 0 radical (unpaired) electrons. The molecule has 0 aromatic heterocycles. The van der Waals surface area contributed by atoms with Crippen molar-refractivity contribution in [2.24, 2.45) is 11.8 Å². The van der Waals surface area contributed by atoms with E-state index in [1.165, 1.54) is 0 Å². The zero-order valence-corrected chi connectivity index (χ0v) is 25.4. The lowest BCUT2D eigenvalue weighted by Gasteiger charge is -2.39. The summed E-state index contributed by atoms with van der Waals surface area (Å²) in [6, 6.07) is 5.84. The second-order valence-electron chi connectivity index (χ2n) is 12.4. The van der Waals surface area contributed by atoms with Crippen LogP contribution in [0, 0.1) is 11.8 Å². The molecule has 1 aromatic rings. The van der Waals surface area contributed by atoms with Gasteiger partial charge in [-0.3, -0.25) is 19.3 Å². The molecule has 11 nitrogen and oxygen atoms in total. The highest BCUT2D eigenvalue weighted by Crippen LogP contribution is 2.43. The van der Waals surface area contributed by atoms with E-state index in [0.717, 1.165) is 57.8 Å². The van der Waals surface area contributed by atoms with E-state index in [-0.39, 0.29) is 35.6 Å². The summed E-state index contributed by atoms with van der Waals surface area (Å²) in [5, 5.41) is 6.44. The Morgan fingerprint density at radius 1 is 1.12 bits per heavy atom. The molecule has 5 rings (SSSR count). The van der Waals surface area contributed by atoms with Gasteiger partial charge in [-0.2, -0.15) is 0 Å². The van der Waals surface area contributed by atoms with Gasteiger partial charge in [-0.1, -0.05) is 0 Å². The molecule has 0 unspecified atom stereocenters. The first-order valence-corrected chi connectivity index (χ1v) is 15.5. The molecule has 1 saturated carbocycles. The summed E-state index contributed by atoms with van der Waals surface area (Å²) in [7, 11) is 1.65. The molecule has 3 amide bonds. The standard InChI is InChI=1S/C31H47N5O6/c1-31(2)30(39)35(12-5-15-40-3)26-19-25(8-9-27(26)42-31)36(24-6-7-24)29(38)23-18-22(20-32-21-23)28(37)33-10-4-11-34-13-16-41-17-14-34/h8-9,19,22-24,32H,4-7,10-18,20-21H2,1-3H3,(H,33,37)/t22-,23+/m0/s1. The Morgan fingerprint density at radius 2 is 1.88 bits per heavy atom. The van der Waals surface area contributed by atoms with E-state index >= 15 is 0 Å². The van der Waals surface area contributed by atoms with Crippen LogP contribution in [-0.4, -0.2) is 107 Å². The number of nitrogens with one attached hydrogen (secondary N) is 2. The molecule has 2 saturated heterocycles. The van der Waals surface area contributed by atoms with Gasteiger partial charge in [0.25, 0.3) is 5.91 Å². The molecule has 3 fully saturated rings. The lowest BCUT2D eigenvalue weighted by molar-refractivity contribution is -0.132. The smallest absolute Gasteiger partial charge is 0.270 e. The molecule has 2 atom stereocenters. The average Bonchev–Trinajstić information content (AvgIpc) is 3.83. The van der Waals surface area contributed by atoms with E-state index in [1.807, 2.05) is 23.1 Å². The van der Waals surface area contributed by atoms with Crippen molar-refractivity contribution in [3.05, 3.63) is 18.2 Å². The molecule has 232 valence electrons. The van der Waals surface area contributed by atoms with E-state index in [9.17, 15) is 14.4 Å². The largest absolute Gasteiger partial charge is 0.476 e. The maximum atomic E-state index is 14.0. The third kappa shape index (κ3) is 7.24. The monoisotopic (exact) mass is 585 g/mol. The van der Waals surface area contributed by atoms with Crippen LogP contribution in [0.4, 0.5) is 11.4 Å². The maximum absolute atomic E-state index is 14.0. The molecule has 42 heavy (non-hydrogen) atoms. The first-order chi connectivity index (χ1) is 20.3. The fourth-order valence-corrected chi connectivity index (χ4v) is 6.16. The minimum atomic E-state index is -0.973. The van der Waals surface area contributed by atoms with E-state index in [4.69, 9.17) is 14.2 Å². The third-order valence-corrected chi connectivity index (χ3v) is 8.64. The molecule has 4 aliphatic rings. The minimum absolute atomic E-state index is 0.0127. The van der Waals surface area contributed by atoms with Crippen molar-refractivity contribution >= 4 is 29.1 Å². The number of carbonyl (C=O) groups is 3. The number of morpholine rings is 1. The number of carbonyl (C=O) groups excluding carboxylic acids is 3. The Balaban J connectivity index is 1.24. The van der Waals surface area contributed by atoms with Crippen molar-refractivity contribution in [1.29, 1.82) is 0 Å². The number of rotatable bonds is 12. The number of fused-ring (bicyclic) bond motifs is 1. The van der Waals surface area contributed by atoms with Crippen LogP contribution in [0.3, 0.4) is 0 Å². The zero-order valence-electron chi connectivity index (χ0n) is 25.4. The van der Waals surface area contributed by atoms with Crippen LogP contribution in [-0.2, 0) is 23.9 Å². The van der Waals surface area contributed by atoms with Crippen LogP contribution in [0.5, 0.6) is 5.75 Å². The second kappa shape index (κ2) is 13.7. The highest BCUT2D eigenvalue weighted by Gasteiger charge is 2.43. The third-order valence-electron chi connectivity index (χ3n) is 8.64. The number of nitrogens with zero attached hydrogens (tertiary/aromatic N) is 3. The van der Waals surface area contributed by atoms with Crippen molar-refractivity contribution in [2.45, 2.75) is 57.6 Å². The van der Waals surface area contributed by atoms with E-state index in [2.05, 4.69) is 15.5 Å². The van der Waals surface area contributed by atoms with E-state index in [0.29, 0.717) is 57.1 Å². The first kappa shape index (κ1) is 30.7. The zero-order chi connectivity index (χ0) is 29.7. The summed E-state index contributed by atoms with van der Waals surface area (Å²) >= 11 is 0. The number of piperidine rings is 1. The van der Waals surface area contributed by atoms with Crippen molar-refractivity contribution in [3.63, 3.8) is 0 Å². The van der Waals surface area contributed by atoms with Crippen molar-refractivity contribution in [1.82, 2.24) is 15.5 Å². The van der Waals surface area contributed by atoms with Gasteiger partial charge in [-0.05, 0) is 70.7 Å². The Kier molecular flexibility index (Phi) is 10.0. The fourth-order valence-electron chi connectivity index (χ4n) is 6.16. The number of hydrogen-bond donors (Lipinski definition) is 2. The quantitative estimate of drug-likeness (QED) is 0.357. The summed E-state index contributed by atoms with van der Waals surface area (Å²) in [6.07, 6.45) is 3.99. The predicted octanol–water partition coefficient (Wildman–Crippen LogP) is 1.79. The van der Waals surface area contributed by atoms with E-state index in [1.54, 1.807) is 25.9 Å². The molecule has 3 heterocycles. The molecule has 0 bridgehead atoms. The highest BCUT2D eigenvalue weighted by atomic mass is 16.5. The molecule has 3 aliphatic heterocycles. The van der Waals surface area contributed by atoms with Gasteiger partial charge >= 0.3 is 0 Å². The topological polar surface area (TPSA) is 113 Å². The molecule has 1 aromatic carbocycles. The molecular formula is C31H47N5O6. The molecule has 11 heteroatoms. The first-order valence-electron chi connectivity index (χ1n) is 15.5. The summed E-state index contributed by atoms with van der Waals surface area (Å²) in [5.41, 5.74) is 0.477.